The van der Waals surface area contributed by atoms with Crippen molar-refractivity contribution >= 4 is 62.6 Å². The highest BCUT2D eigenvalue weighted by Gasteiger charge is 2.13. The predicted molar refractivity (Wildman–Crippen MR) is 130 cm³/mol. The molecule has 0 saturated carbocycles. The molecule has 3 aromatic rings. The minimum Gasteiger partial charge on any atom is -0.490 e. The first-order valence-corrected chi connectivity index (χ1v) is 11.1. The molecule has 0 bridgehead atoms. The molecule has 0 fully saturated rings. The van der Waals surface area contributed by atoms with E-state index in [-0.39, 0.29) is 6.61 Å². The molecule has 156 valence electrons. The van der Waals surface area contributed by atoms with Crippen molar-refractivity contribution in [2.24, 2.45) is 4.99 Å². The average molecular weight is 528 g/mol. The lowest BCUT2D eigenvalue weighted by Gasteiger charge is -2.15. The van der Waals surface area contributed by atoms with E-state index in [0.29, 0.717) is 33.2 Å². The number of rotatable bonds is 7. The lowest BCUT2D eigenvalue weighted by Crippen LogP contribution is -2.02. The van der Waals surface area contributed by atoms with Crippen LogP contribution in [0.1, 0.15) is 23.6 Å². The predicted octanol–water partition coefficient (Wildman–Crippen LogP) is 8.45. The number of halogens is 4. The fourth-order valence-corrected chi connectivity index (χ4v) is 3.94. The summed E-state index contributed by atoms with van der Waals surface area (Å²) in [6.07, 6.45) is 1.77. The Morgan fingerprint density at radius 2 is 1.80 bits per heavy atom. The van der Waals surface area contributed by atoms with Gasteiger partial charge in [-0.3, -0.25) is 4.99 Å². The Labute approximate surface area is 199 Å². The maximum atomic E-state index is 6.25. The smallest absolute Gasteiger partial charge is 0.175 e. The summed E-state index contributed by atoms with van der Waals surface area (Å²) < 4.78 is 12.6. The lowest BCUT2D eigenvalue weighted by atomic mass is 10.2. The fraction of sp³-hybridized carbons (Fsp3) is 0.174. The van der Waals surface area contributed by atoms with Gasteiger partial charge in [0.05, 0.1) is 16.8 Å². The van der Waals surface area contributed by atoms with E-state index in [4.69, 9.17) is 44.3 Å². The molecule has 0 amide bonds. The average Bonchev–Trinajstić information content (AvgIpc) is 2.70. The Hall–Kier alpha value is -1.72. The molecule has 0 heterocycles. The minimum absolute atomic E-state index is 0.282. The van der Waals surface area contributed by atoms with E-state index in [1.54, 1.807) is 18.3 Å². The van der Waals surface area contributed by atoms with Gasteiger partial charge in [0.15, 0.2) is 11.5 Å². The molecular weight excluding hydrogens is 509 g/mol. The summed E-state index contributed by atoms with van der Waals surface area (Å²) in [5.41, 5.74) is 3.44. The lowest BCUT2D eigenvalue weighted by molar-refractivity contribution is 0.267. The number of hydrogen-bond acceptors (Lipinski definition) is 3. The van der Waals surface area contributed by atoms with E-state index in [9.17, 15) is 0 Å². The van der Waals surface area contributed by atoms with Gasteiger partial charge in [-0.2, -0.15) is 0 Å². The minimum atomic E-state index is 0.282. The topological polar surface area (TPSA) is 30.8 Å². The maximum Gasteiger partial charge on any atom is 0.175 e. The van der Waals surface area contributed by atoms with Gasteiger partial charge >= 0.3 is 0 Å². The van der Waals surface area contributed by atoms with Crippen LogP contribution in [-0.2, 0) is 6.61 Å². The van der Waals surface area contributed by atoms with Crippen molar-refractivity contribution in [1.29, 1.82) is 0 Å². The summed E-state index contributed by atoms with van der Waals surface area (Å²) in [4.78, 5) is 4.57. The fourth-order valence-electron chi connectivity index (χ4n) is 2.73. The second kappa shape index (κ2) is 10.5. The molecule has 0 spiro atoms. The first-order chi connectivity index (χ1) is 14.4. The van der Waals surface area contributed by atoms with Crippen molar-refractivity contribution in [2.45, 2.75) is 20.5 Å². The van der Waals surface area contributed by atoms with E-state index in [0.717, 1.165) is 26.9 Å². The number of ether oxygens (including phenoxy) is 2. The Morgan fingerprint density at radius 1 is 1.00 bits per heavy atom. The SMILES string of the molecule is CCOc1cc(C=Nc2cccc(Cl)c2C)cc(Br)c1OCc1ccc(Cl)cc1Cl. The van der Waals surface area contributed by atoms with Crippen LogP contribution < -0.4 is 9.47 Å². The zero-order valence-corrected chi connectivity index (χ0v) is 20.2. The van der Waals surface area contributed by atoms with Crippen LogP contribution in [0.2, 0.25) is 15.1 Å². The standard InChI is InChI=1S/C23H19BrCl3NO2/c1-3-29-22-10-15(12-28-21-6-4-5-19(26)14(21)2)9-18(24)23(22)30-13-16-7-8-17(25)11-20(16)27/h4-12H,3,13H2,1-2H3. The van der Waals surface area contributed by atoms with Crippen LogP contribution in [0, 0.1) is 6.92 Å². The first-order valence-electron chi connectivity index (χ1n) is 9.21. The Bertz CT molecular complexity index is 1090. The summed E-state index contributed by atoms with van der Waals surface area (Å²) in [5, 5.41) is 1.82. The van der Waals surface area contributed by atoms with Gasteiger partial charge in [-0.1, -0.05) is 46.9 Å². The summed E-state index contributed by atoms with van der Waals surface area (Å²) >= 11 is 22.0. The van der Waals surface area contributed by atoms with Gasteiger partial charge in [0.2, 0.25) is 0 Å². The Morgan fingerprint density at radius 3 is 2.53 bits per heavy atom. The van der Waals surface area contributed by atoms with Gasteiger partial charge in [-0.15, -0.1) is 0 Å². The van der Waals surface area contributed by atoms with Gasteiger partial charge < -0.3 is 9.47 Å². The zero-order chi connectivity index (χ0) is 21.7. The molecule has 30 heavy (non-hydrogen) atoms. The summed E-state index contributed by atoms with van der Waals surface area (Å²) in [6.45, 7) is 4.64. The molecule has 0 N–H and O–H groups in total. The van der Waals surface area contributed by atoms with Crippen LogP contribution in [0.5, 0.6) is 11.5 Å². The molecule has 3 rings (SSSR count). The van der Waals surface area contributed by atoms with Gasteiger partial charge in [-0.25, -0.2) is 0 Å². The van der Waals surface area contributed by atoms with Gasteiger partial charge in [0.25, 0.3) is 0 Å². The van der Waals surface area contributed by atoms with Gasteiger partial charge in [-0.05, 0) is 77.3 Å². The second-order valence-corrected chi connectivity index (χ2v) is 8.53. The normalized spacial score (nSPS) is 11.1. The molecule has 0 unspecified atom stereocenters. The quantitative estimate of drug-likeness (QED) is 0.289. The van der Waals surface area contributed by atoms with Crippen molar-refractivity contribution in [1.82, 2.24) is 0 Å². The van der Waals surface area contributed by atoms with Crippen LogP contribution in [0.3, 0.4) is 0 Å². The van der Waals surface area contributed by atoms with Crippen LogP contribution >= 0.6 is 50.7 Å². The van der Waals surface area contributed by atoms with Gasteiger partial charge in [0.1, 0.15) is 6.61 Å². The van der Waals surface area contributed by atoms with Crippen LogP contribution in [-0.4, -0.2) is 12.8 Å². The van der Waals surface area contributed by atoms with Crippen molar-refractivity contribution in [2.75, 3.05) is 6.61 Å². The number of benzene rings is 3. The number of nitrogens with zero attached hydrogens (tertiary/aromatic N) is 1. The third-order valence-electron chi connectivity index (χ3n) is 4.31. The first kappa shape index (κ1) is 23.0. The molecule has 0 aliphatic rings. The summed E-state index contributed by atoms with van der Waals surface area (Å²) in [5.74, 6) is 1.21. The molecule has 7 heteroatoms. The number of hydrogen-bond donors (Lipinski definition) is 0. The van der Waals surface area contributed by atoms with Crippen LogP contribution in [0.4, 0.5) is 5.69 Å². The second-order valence-electron chi connectivity index (χ2n) is 6.43. The molecule has 0 radical (unpaired) electrons. The molecule has 3 nitrogen and oxygen atoms in total. The number of aliphatic imine (C=N–C) groups is 1. The van der Waals surface area contributed by atoms with Crippen LogP contribution in [0.15, 0.2) is 58.0 Å². The van der Waals surface area contributed by atoms with E-state index in [2.05, 4.69) is 20.9 Å². The van der Waals surface area contributed by atoms with Crippen molar-refractivity contribution in [3.63, 3.8) is 0 Å². The molecule has 0 aliphatic heterocycles. The van der Waals surface area contributed by atoms with E-state index in [1.165, 1.54) is 0 Å². The molecular formula is C23H19BrCl3NO2. The Kier molecular flexibility index (Phi) is 8.06. The Balaban J connectivity index is 1.86. The van der Waals surface area contributed by atoms with Crippen molar-refractivity contribution in [3.05, 3.63) is 84.8 Å². The maximum absolute atomic E-state index is 6.25. The van der Waals surface area contributed by atoms with Crippen molar-refractivity contribution in [3.8, 4) is 11.5 Å². The molecule has 0 aromatic heterocycles. The largest absolute Gasteiger partial charge is 0.490 e. The van der Waals surface area contributed by atoms with E-state index < -0.39 is 0 Å². The molecule has 0 aliphatic carbocycles. The molecule has 3 aromatic carbocycles. The van der Waals surface area contributed by atoms with E-state index in [1.807, 2.05) is 50.2 Å². The monoisotopic (exact) mass is 525 g/mol. The molecule has 0 atom stereocenters. The highest BCUT2D eigenvalue weighted by atomic mass is 79.9. The van der Waals surface area contributed by atoms with E-state index >= 15 is 0 Å². The van der Waals surface area contributed by atoms with Gasteiger partial charge in [0, 0.05) is 26.8 Å². The summed E-state index contributed by atoms with van der Waals surface area (Å²) in [7, 11) is 0. The highest BCUT2D eigenvalue weighted by Crippen LogP contribution is 2.38. The third-order valence-corrected chi connectivity index (χ3v) is 5.90. The van der Waals surface area contributed by atoms with Crippen LogP contribution in [0.25, 0.3) is 0 Å². The molecule has 0 saturated heterocycles. The highest BCUT2D eigenvalue weighted by molar-refractivity contribution is 9.10. The third kappa shape index (κ3) is 5.70. The van der Waals surface area contributed by atoms with Crippen molar-refractivity contribution < 1.29 is 9.47 Å². The summed E-state index contributed by atoms with van der Waals surface area (Å²) in [6, 6.07) is 14.8. The zero-order valence-electron chi connectivity index (χ0n) is 16.4.